The Balaban J connectivity index is 2.11. The Bertz CT molecular complexity index is 737. The van der Waals surface area contributed by atoms with Gasteiger partial charge in [0, 0.05) is 25.2 Å². The van der Waals surface area contributed by atoms with Gasteiger partial charge in [-0.05, 0) is 42.3 Å². The van der Waals surface area contributed by atoms with Crippen LogP contribution in [0.25, 0.3) is 6.08 Å². The molecule has 0 atom stereocenters. The molecule has 4 nitrogen and oxygen atoms in total. The average Bonchev–Trinajstić information content (AvgIpc) is 2.61. The van der Waals surface area contributed by atoms with Crippen LogP contribution < -0.4 is 9.47 Å². The number of aryl methyl sites for hydroxylation is 1. The van der Waals surface area contributed by atoms with Crippen molar-refractivity contribution in [3.8, 4) is 11.5 Å². The molecule has 0 N–H and O–H groups in total. The van der Waals surface area contributed by atoms with Crippen molar-refractivity contribution in [3.63, 3.8) is 0 Å². The summed E-state index contributed by atoms with van der Waals surface area (Å²) in [5.41, 5.74) is 3.12. The smallest absolute Gasteiger partial charge is 0.246 e. The van der Waals surface area contributed by atoms with Crippen LogP contribution in [0.1, 0.15) is 16.7 Å². The fourth-order valence-electron chi connectivity index (χ4n) is 2.38. The number of methoxy groups -OCH3 is 2. The molecule has 2 rings (SSSR count). The van der Waals surface area contributed by atoms with Gasteiger partial charge in [0.25, 0.3) is 0 Å². The molecule has 0 aliphatic heterocycles. The number of hydrogen-bond donors (Lipinski definition) is 0. The van der Waals surface area contributed by atoms with E-state index >= 15 is 0 Å². The first-order valence-electron chi connectivity index (χ1n) is 7.75. The summed E-state index contributed by atoms with van der Waals surface area (Å²) in [7, 11) is 5.00. The lowest BCUT2D eigenvalue weighted by atomic mass is 10.1. The third-order valence-corrected chi connectivity index (χ3v) is 3.89. The zero-order valence-corrected chi connectivity index (χ0v) is 14.6. The molecule has 0 radical (unpaired) electrons. The van der Waals surface area contributed by atoms with Gasteiger partial charge in [0.05, 0.1) is 14.2 Å². The van der Waals surface area contributed by atoms with Crippen molar-refractivity contribution >= 4 is 12.0 Å². The number of nitrogens with zero attached hydrogens (tertiary/aromatic N) is 1. The van der Waals surface area contributed by atoms with Gasteiger partial charge in [0.2, 0.25) is 5.91 Å². The predicted molar refractivity (Wildman–Crippen MR) is 96.2 cm³/mol. The molecule has 0 spiro atoms. The van der Waals surface area contributed by atoms with Gasteiger partial charge in [-0.15, -0.1) is 0 Å². The summed E-state index contributed by atoms with van der Waals surface area (Å²) in [5.74, 6) is 1.35. The minimum absolute atomic E-state index is 0.0665. The van der Waals surface area contributed by atoms with E-state index in [1.54, 1.807) is 38.3 Å². The number of carbonyl (C=O) groups excluding carboxylic acids is 1. The molecule has 2 aromatic rings. The van der Waals surface area contributed by atoms with Crippen LogP contribution in [0.2, 0.25) is 0 Å². The predicted octanol–water partition coefficient (Wildman–Crippen LogP) is 3.68. The fourth-order valence-corrected chi connectivity index (χ4v) is 2.38. The lowest BCUT2D eigenvalue weighted by molar-refractivity contribution is -0.125. The van der Waals surface area contributed by atoms with E-state index in [0.717, 1.165) is 16.9 Å². The molecule has 0 heterocycles. The van der Waals surface area contributed by atoms with Crippen LogP contribution in [-0.4, -0.2) is 32.1 Å². The Hall–Kier alpha value is -2.75. The second-order valence-corrected chi connectivity index (χ2v) is 5.56. The number of rotatable bonds is 6. The highest BCUT2D eigenvalue weighted by Gasteiger charge is 2.08. The SMILES string of the molecule is COc1ccc(OC)c(/C=C/C(=O)N(C)Cc2ccccc2C)c1. The molecule has 0 aromatic heterocycles. The first-order chi connectivity index (χ1) is 11.5. The number of carbonyl (C=O) groups is 1. The van der Waals surface area contributed by atoms with Gasteiger partial charge in [-0.25, -0.2) is 0 Å². The zero-order chi connectivity index (χ0) is 17.5. The molecular weight excluding hydrogens is 302 g/mol. The van der Waals surface area contributed by atoms with Crippen molar-refractivity contribution in [1.29, 1.82) is 0 Å². The Labute approximate surface area is 143 Å². The van der Waals surface area contributed by atoms with E-state index in [1.165, 1.54) is 5.56 Å². The lowest BCUT2D eigenvalue weighted by Gasteiger charge is -2.16. The van der Waals surface area contributed by atoms with Crippen molar-refractivity contribution in [2.45, 2.75) is 13.5 Å². The Morgan fingerprint density at radius 3 is 2.54 bits per heavy atom. The maximum Gasteiger partial charge on any atom is 0.246 e. The molecule has 0 bridgehead atoms. The van der Waals surface area contributed by atoms with Crippen molar-refractivity contribution in [2.75, 3.05) is 21.3 Å². The topological polar surface area (TPSA) is 38.8 Å². The normalized spacial score (nSPS) is 10.7. The largest absolute Gasteiger partial charge is 0.497 e. The maximum atomic E-state index is 12.4. The van der Waals surface area contributed by atoms with Gasteiger partial charge in [0.1, 0.15) is 11.5 Å². The molecule has 0 saturated carbocycles. The van der Waals surface area contributed by atoms with Crippen molar-refractivity contribution in [1.82, 2.24) is 4.90 Å². The van der Waals surface area contributed by atoms with Crippen LogP contribution in [0.3, 0.4) is 0 Å². The molecule has 0 saturated heterocycles. The van der Waals surface area contributed by atoms with Crippen LogP contribution in [0.15, 0.2) is 48.5 Å². The van der Waals surface area contributed by atoms with E-state index in [9.17, 15) is 4.79 Å². The van der Waals surface area contributed by atoms with Crippen LogP contribution in [-0.2, 0) is 11.3 Å². The number of benzene rings is 2. The molecule has 2 aromatic carbocycles. The third-order valence-electron chi connectivity index (χ3n) is 3.89. The summed E-state index contributed by atoms with van der Waals surface area (Å²) in [6.07, 6.45) is 3.30. The Morgan fingerprint density at radius 1 is 1.12 bits per heavy atom. The summed E-state index contributed by atoms with van der Waals surface area (Å²) >= 11 is 0. The van der Waals surface area contributed by atoms with E-state index in [2.05, 4.69) is 0 Å². The van der Waals surface area contributed by atoms with Gasteiger partial charge in [-0.2, -0.15) is 0 Å². The minimum atomic E-state index is -0.0665. The van der Waals surface area contributed by atoms with E-state index in [1.807, 2.05) is 49.4 Å². The number of likely N-dealkylation sites (N-methyl/N-ethyl adjacent to an activating group) is 1. The second-order valence-electron chi connectivity index (χ2n) is 5.56. The van der Waals surface area contributed by atoms with Gasteiger partial charge in [0.15, 0.2) is 0 Å². The average molecular weight is 325 g/mol. The lowest BCUT2D eigenvalue weighted by Crippen LogP contribution is -2.24. The second kappa shape index (κ2) is 8.20. The molecule has 1 amide bonds. The quantitative estimate of drug-likeness (QED) is 0.761. The molecule has 0 aliphatic rings. The zero-order valence-electron chi connectivity index (χ0n) is 14.6. The molecule has 24 heavy (non-hydrogen) atoms. The first kappa shape index (κ1) is 17.6. The van der Waals surface area contributed by atoms with Crippen molar-refractivity contribution in [3.05, 3.63) is 65.2 Å². The molecule has 0 unspecified atom stereocenters. The fraction of sp³-hybridized carbons (Fsp3) is 0.250. The number of ether oxygens (including phenoxy) is 2. The van der Waals surface area contributed by atoms with Crippen molar-refractivity contribution < 1.29 is 14.3 Å². The summed E-state index contributed by atoms with van der Waals surface area (Å²) in [4.78, 5) is 14.0. The molecule has 4 heteroatoms. The summed E-state index contributed by atoms with van der Waals surface area (Å²) < 4.78 is 10.5. The van der Waals surface area contributed by atoms with E-state index < -0.39 is 0 Å². The van der Waals surface area contributed by atoms with Gasteiger partial charge in [-0.3, -0.25) is 4.79 Å². The Kier molecular flexibility index (Phi) is 6.01. The van der Waals surface area contributed by atoms with Crippen LogP contribution in [0.5, 0.6) is 11.5 Å². The maximum absolute atomic E-state index is 12.4. The summed E-state index contributed by atoms with van der Waals surface area (Å²) in [5, 5.41) is 0. The Morgan fingerprint density at radius 2 is 1.88 bits per heavy atom. The van der Waals surface area contributed by atoms with E-state index in [0.29, 0.717) is 12.3 Å². The van der Waals surface area contributed by atoms with Crippen LogP contribution in [0.4, 0.5) is 0 Å². The minimum Gasteiger partial charge on any atom is -0.497 e. The summed E-state index contributed by atoms with van der Waals surface area (Å²) in [6.45, 7) is 2.62. The van der Waals surface area contributed by atoms with Crippen LogP contribution in [0, 0.1) is 6.92 Å². The van der Waals surface area contributed by atoms with E-state index in [-0.39, 0.29) is 5.91 Å². The highest BCUT2D eigenvalue weighted by Crippen LogP contribution is 2.25. The van der Waals surface area contributed by atoms with Gasteiger partial charge < -0.3 is 14.4 Å². The van der Waals surface area contributed by atoms with Gasteiger partial charge >= 0.3 is 0 Å². The number of hydrogen-bond acceptors (Lipinski definition) is 3. The highest BCUT2D eigenvalue weighted by atomic mass is 16.5. The van der Waals surface area contributed by atoms with E-state index in [4.69, 9.17) is 9.47 Å². The third kappa shape index (κ3) is 4.38. The molecule has 0 aliphatic carbocycles. The molecule has 0 fully saturated rings. The summed E-state index contributed by atoms with van der Waals surface area (Å²) in [6, 6.07) is 13.5. The monoisotopic (exact) mass is 325 g/mol. The van der Waals surface area contributed by atoms with Crippen molar-refractivity contribution in [2.24, 2.45) is 0 Å². The highest BCUT2D eigenvalue weighted by molar-refractivity contribution is 5.92. The van der Waals surface area contributed by atoms with Gasteiger partial charge in [-0.1, -0.05) is 24.3 Å². The molecular formula is C20H23NO3. The first-order valence-corrected chi connectivity index (χ1v) is 7.75. The number of amides is 1. The standard InChI is InChI=1S/C20H23NO3/c1-15-7-5-6-8-17(15)14-21(2)20(22)12-9-16-13-18(23-3)10-11-19(16)24-4/h5-13H,14H2,1-4H3/b12-9+. The molecule has 126 valence electrons. The van der Waals surface area contributed by atoms with Crippen LogP contribution >= 0.6 is 0 Å².